The zero-order valence-electron chi connectivity index (χ0n) is 19.5. The number of ether oxygens (including phenoxy) is 4. The van der Waals surface area contributed by atoms with Gasteiger partial charge in [0.25, 0.3) is 0 Å². The van der Waals surface area contributed by atoms with Gasteiger partial charge in [0.1, 0.15) is 18.3 Å². The highest BCUT2D eigenvalue weighted by atomic mass is 35.5. The smallest absolute Gasteiger partial charge is 0.303 e. The maximum atomic E-state index is 12.0. The lowest BCUT2D eigenvalue weighted by Gasteiger charge is -2.39. The molecular formula is C23H24ClN3O8. The van der Waals surface area contributed by atoms with E-state index in [0.29, 0.717) is 16.3 Å². The fraction of sp³-hybridized carbons (Fsp3) is 0.391. The second kappa shape index (κ2) is 11.1. The van der Waals surface area contributed by atoms with Crippen LogP contribution in [-0.2, 0) is 38.1 Å². The monoisotopic (exact) mass is 505 g/mol. The molecule has 4 atom stereocenters. The fourth-order valence-electron chi connectivity index (χ4n) is 3.67. The highest BCUT2D eigenvalue weighted by molar-refractivity contribution is 6.30. The third-order valence-corrected chi connectivity index (χ3v) is 5.26. The third-order valence-electron chi connectivity index (χ3n) is 5.00. The molecule has 0 fully saturated rings. The molecule has 11 nitrogen and oxygen atoms in total. The van der Waals surface area contributed by atoms with Gasteiger partial charge in [-0.05, 0) is 18.2 Å². The van der Waals surface area contributed by atoms with Crippen molar-refractivity contribution in [2.45, 2.75) is 52.0 Å². The number of aromatic nitrogens is 3. The summed E-state index contributed by atoms with van der Waals surface area (Å²) in [5.74, 6) is -2.60. The van der Waals surface area contributed by atoms with Crippen molar-refractivity contribution in [2.75, 3.05) is 6.61 Å². The van der Waals surface area contributed by atoms with Gasteiger partial charge >= 0.3 is 23.9 Å². The first-order valence-electron chi connectivity index (χ1n) is 10.6. The molecule has 0 saturated heterocycles. The summed E-state index contributed by atoms with van der Waals surface area (Å²) < 4.78 is 22.9. The predicted octanol–water partition coefficient (Wildman–Crippen LogP) is 2.44. The van der Waals surface area contributed by atoms with Crippen molar-refractivity contribution < 1.29 is 38.1 Å². The van der Waals surface area contributed by atoms with Crippen molar-refractivity contribution in [2.24, 2.45) is 0 Å². The Hall–Kier alpha value is -3.73. The lowest BCUT2D eigenvalue weighted by Crippen LogP contribution is -2.53. The van der Waals surface area contributed by atoms with E-state index in [2.05, 4.69) is 10.3 Å². The molecule has 1 aliphatic carbocycles. The minimum Gasteiger partial charge on any atom is -0.461 e. The van der Waals surface area contributed by atoms with E-state index >= 15 is 0 Å². The molecule has 0 unspecified atom stereocenters. The lowest BCUT2D eigenvalue weighted by molar-refractivity contribution is -0.185. The summed E-state index contributed by atoms with van der Waals surface area (Å²) in [6.07, 6.45) is -0.354. The molecule has 3 rings (SSSR count). The molecule has 0 aliphatic heterocycles. The van der Waals surface area contributed by atoms with Crippen LogP contribution in [0.1, 0.15) is 33.7 Å². The van der Waals surface area contributed by atoms with E-state index in [1.54, 1.807) is 36.5 Å². The van der Waals surface area contributed by atoms with Crippen molar-refractivity contribution >= 4 is 35.5 Å². The zero-order valence-corrected chi connectivity index (χ0v) is 20.2. The number of carbonyl (C=O) groups excluding carboxylic acids is 4. The molecule has 0 spiro atoms. The maximum absolute atomic E-state index is 12.0. The molecule has 0 N–H and O–H groups in total. The molecule has 1 aromatic heterocycles. The fourth-order valence-corrected chi connectivity index (χ4v) is 3.80. The summed E-state index contributed by atoms with van der Waals surface area (Å²) in [6, 6.07) is 6.10. The standard InChI is InChI=1S/C23H24ClN3O8/c1-12(28)32-11-17-9-20(27-10-19(25-26-27)16-5-7-18(24)8-6-16)22(34-14(3)30)23(35-15(4)31)21(17)33-13(2)29/h5-10,20-23H,11H2,1-4H3/t20-,21+,22-,23-/m0/s1. The second-order valence-electron chi connectivity index (χ2n) is 7.78. The van der Waals surface area contributed by atoms with E-state index < -0.39 is 48.2 Å². The Bertz CT molecular complexity index is 1140. The van der Waals surface area contributed by atoms with Crippen molar-refractivity contribution in [3.63, 3.8) is 0 Å². The van der Waals surface area contributed by atoms with Gasteiger partial charge in [-0.2, -0.15) is 0 Å². The van der Waals surface area contributed by atoms with Crippen molar-refractivity contribution in [3.8, 4) is 11.3 Å². The Morgan fingerprint density at radius 3 is 2.06 bits per heavy atom. The van der Waals surface area contributed by atoms with E-state index in [1.807, 2.05) is 0 Å². The summed E-state index contributed by atoms with van der Waals surface area (Å²) in [4.78, 5) is 47.3. The van der Waals surface area contributed by atoms with Crippen LogP contribution in [0.3, 0.4) is 0 Å². The van der Waals surface area contributed by atoms with Gasteiger partial charge in [0, 0.05) is 43.9 Å². The van der Waals surface area contributed by atoms with Crippen LogP contribution in [0.5, 0.6) is 0 Å². The minimum absolute atomic E-state index is 0.257. The molecule has 12 heteroatoms. The summed E-state index contributed by atoms with van der Waals surface area (Å²) in [5.41, 5.74) is 1.56. The molecule has 0 amide bonds. The average molecular weight is 506 g/mol. The van der Waals surface area contributed by atoms with Crippen LogP contribution in [0.2, 0.25) is 5.02 Å². The molecule has 1 aliphatic rings. The zero-order chi connectivity index (χ0) is 25.7. The first kappa shape index (κ1) is 25.9. The van der Waals surface area contributed by atoms with Crippen LogP contribution in [-0.4, -0.2) is 63.8 Å². The maximum Gasteiger partial charge on any atom is 0.303 e. The van der Waals surface area contributed by atoms with Crippen molar-refractivity contribution in [1.82, 2.24) is 15.0 Å². The topological polar surface area (TPSA) is 136 Å². The summed E-state index contributed by atoms with van der Waals surface area (Å²) >= 11 is 5.96. The predicted molar refractivity (Wildman–Crippen MR) is 121 cm³/mol. The Balaban J connectivity index is 2.10. The Kier molecular flexibility index (Phi) is 8.23. The van der Waals surface area contributed by atoms with Gasteiger partial charge in [0.15, 0.2) is 18.3 Å². The number of hydrogen-bond donors (Lipinski definition) is 0. The van der Waals surface area contributed by atoms with Gasteiger partial charge in [-0.3, -0.25) is 19.2 Å². The van der Waals surface area contributed by atoms with Gasteiger partial charge in [-0.25, -0.2) is 4.68 Å². The SMILES string of the molecule is CC(=O)OCC1=C[C@H](n2cc(-c3ccc(Cl)cc3)nn2)[C@H](OC(C)=O)[C@@H](OC(C)=O)[C@@H]1OC(C)=O. The van der Waals surface area contributed by atoms with Gasteiger partial charge in [0.05, 0.1) is 6.20 Å². The van der Waals surface area contributed by atoms with E-state index in [1.165, 1.54) is 32.4 Å². The van der Waals surface area contributed by atoms with Crippen molar-refractivity contribution in [3.05, 3.63) is 47.1 Å². The number of nitrogens with zero attached hydrogens (tertiary/aromatic N) is 3. The number of esters is 4. The molecule has 0 bridgehead atoms. The van der Waals surface area contributed by atoms with Gasteiger partial charge < -0.3 is 18.9 Å². The second-order valence-corrected chi connectivity index (χ2v) is 8.22. The van der Waals surface area contributed by atoms with Gasteiger partial charge in [-0.1, -0.05) is 28.9 Å². The van der Waals surface area contributed by atoms with Gasteiger partial charge in [0.2, 0.25) is 0 Å². The van der Waals surface area contributed by atoms with E-state index in [-0.39, 0.29) is 6.61 Å². The quantitative estimate of drug-likeness (QED) is 0.313. The first-order chi connectivity index (χ1) is 16.5. The molecule has 1 aromatic carbocycles. The van der Waals surface area contributed by atoms with Crippen LogP contribution in [0, 0.1) is 0 Å². The molecule has 0 saturated carbocycles. The molecule has 0 radical (unpaired) electrons. The van der Waals surface area contributed by atoms with E-state index in [0.717, 1.165) is 5.56 Å². The highest BCUT2D eigenvalue weighted by Gasteiger charge is 2.48. The number of carbonyl (C=O) groups is 4. The average Bonchev–Trinajstić information content (AvgIpc) is 3.24. The normalized spacial score (nSPS) is 21.5. The van der Waals surface area contributed by atoms with E-state index in [9.17, 15) is 19.2 Å². The summed E-state index contributed by atoms with van der Waals surface area (Å²) in [5, 5.41) is 8.90. The molecule has 35 heavy (non-hydrogen) atoms. The molecule has 2 aromatic rings. The van der Waals surface area contributed by atoms with E-state index in [4.69, 9.17) is 30.5 Å². The summed E-state index contributed by atoms with van der Waals surface area (Å²) in [6.45, 7) is 4.51. The molecule has 186 valence electrons. The Morgan fingerprint density at radius 2 is 1.49 bits per heavy atom. The third kappa shape index (κ3) is 6.66. The summed E-state index contributed by atoms with van der Waals surface area (Å²) in [7, 11) is 0. The largest absolute Gasteiger partial charge is 0.461 e. The Labute approximate surface area is 205 Å². The first-order valence-corrected chi connectivity index (χ1v) is 11.0. The van der Waals surface area contributed by atoms with Crippen LogP contribution < -0.4 is 0 Å². The van der Waals surface area contributed by atoms with Crippen molar-refractivity contribution in [1.29, 1.82) is 0 Å². The minimum atomic E-state index is -1.25. The highest BCUT2D eigenvalue weighted by Crippen LogP contribution is 2.35. The van der Waals surface area contributed by atoms with Crippen LogP contribution in [0.15, 0.2) is 42.1 Å². The Morgan fingerprint density at radius 1 is 0.886 bits per heavy atom. The van der Waals surface area contributed by atoms with Crippen LogP contribution >= 0.6 is 11.6 Å². The number of hydrogen-bond acceptors (Lipinski definition) is 10. The van der Waals surface area contributed by atoms with Gasteiger partial charge in [-0.15, -0.1) is 5.10 Å². The molecular weight excluding hydrogens is 482 g/mol. The number of halogens is 1. The van der Waals surface area contributed by atoms with Crippen LogP contribution in [0.4, 0.5) is 0 Å². The number of benzene rings is 1. The lowest BCUT2D eigenvalue weighted by atomic mass is 9.87. The molecule has 1 heterocycles. The number of rotatable bonds is 7. The van der Waals surface area contributed by atoms with Crippen LogP contribution in [0.25, 0.3) is 11.3 Å².